The minimum absolute atomic E-state index is 0.0280. The molecule has 1 aromatic carbocycles. The molecule has 1 atom stereocenters. The molecule has 0 fully saturated rings. The van der Waals surface area contributed by atoms with E-state index in [1.54, 1.807) is 18.5 Å². The second-order valence-electron chi connectivity index (χ2n) is 5.47. The first-order chi connectivity index (χ1) is 10.1. The molecular formula is C17H21FN2O. The van der Waals surface area contributed by atoms with Gasteiger partial charge in [0.2, 0.25) is 0 Å². The second-order valence-corrected chi connectivity index (χ2v) is 5.47. The van der Waals surface area contributed by atoms with Crippen LogP contribution in [0.3, 0.4) is 0 Å². The summed E-state index contributed by atoms with van der Waals surface area (Å²) in [5.74, 6) is -0.242. The number of aliphatic hydroxyl groups excluding tert-OH is 1. The lowest BCUT2D eigenvalue weighted by molar-refractivity contribution is 0.168. The maximum Gasteiger partial charge on any atom is 0.128 e. The van der Waals surface area contributed by atoms with Gasteiger partial charge in [0, 0.05) is 30.0 Å². The first-order valence-corrected chi connectivity index (χ1v) is 7.12. The van der Waals surface area contributed by atoms with E-state index in [1.807, 2.05) is 32.0 Å². The molecule has 0 saturated heterocycles. The lowest BCUT2D eigenvalue weighted by Crippen LogP contribution is -2.44. The molecule has 1 unspecified atom stereocenters. The van der Waals surface area contributed by atoms with Crippen LogP contribution in [0, 0.1) is 5.82 Å². The lowest BCUT2D eigenvalue weighted by atomic mass is 9.99. The van der Waals surface area contributed by atoms with Crippen molar-refractivity contribution in [3.8, 4) is 11.1 Å². The minimum atomic E-state index is -0.379. The third kappa shape index (κ3) is 3.86. The van der Waals surface area contributed by atoms with E-state index in [1.165, 1.54) is 6.07 Å². The van der Waals surface area contributed by atoms with Crippen molar-refractivity contribution in [1.29, 1.82) is 0 Å². The Morgan fingerprint density at radius 3 is 2.48 bits per heavy atom. The van der Waals surface area contributed by atoms with Gasteiger partial charge >= 0.3 is 0 Å². The van der Waals surface area contributed by atoms with Gasteiger partial charge in [-0.25, -0.2) is 4.39 Å². The SMILES string of the molecule is CCC(C)(CO)NCc1ccc(-c2ccncc2)cc1F. The Morgan fingerprint density at radius 1 is 1.19 bits per heavy atom. The number of nitrogens with zero attached hydrogens (tertiary/aromatic N) is 1. The first-order valence-electron chi connectivity index (χ1n) is 7.12. The number of benzene rings is 1. The van der Waals surface area contributed by atoms with Gasteiger partial charge in [-0.3, -0.25) is 4.98 Å². The topological polar surface area (TPSA) is 45.1 Å². The lowest BCUT2D eigenvalue weighted by Gasteiger charge is -2.27. The fourth-order valence-corrected chi connectivity index (χ4v) is 2.02. The number of aromatic nitrogens is 1. The van der Waals surface area contributed by atoms with Crippen LogP contribution in [0.2, 0.25) is 0 Å². The molecule has 2 rings (SSSR count). The van der Waals surface area contributed by atoms with Crippen molar-refractivity contribution in [3.63, 3.8) is 0 Å². The van der Waals surface area contributed by atoms with Gasteiger partial charge in [-0.05, 0) is 42.7 Å². The van der Waals surface area contributed by atoms with Gasteiger partial charge in [0.1, 0.15) is 5.82 Å². The van der Waals surface area contributed by atoms with Gasteiger partial charge in [-0.2, -0.15) is 0 Å². The molecule has 0 saturated carbocycles. The molecule has 0 amide bonds. The van der Waals surface area contributed by atoms with Gasteiger partial charge in [0.25, 0.3) is 0 Å². The van der Waals surface area contributed by atoms with Gasteiger partial charge in [-0.15, -0.1) is 0 Å². The first kappa shape index (κ1) is 15.6. The predicted molar refractivity (Wildman–Crippen MR) is 82.3 cm³/mol. The summed E-state index contributed by atoms with van der Waals surface area (Å²) in [5.41, 5.74) is 1.99. The summed E-state index contributed by atoms with van der Waals surface area (Å²) in [7, 11) is 0. The molecule has 0 radical (unpaired) electrons. The van der Waals surface area contributed by atoms with Crippen molar-refractivity contribution < 1.29 is 9.50 Å². The van der Waals surface area contributed by atoms with Crippen LogP contribution in [0.25, 0.3) is 11.1 Å². The average molecular weight is 288 g/mol. The van der Waals surface area contributed by atoms with E-state index in [4.69, 9.17) is 0 Å². The summed E-state index contributed by atoms with van der Waals surface area (Å²) >= 11 is 0. The average Bonchev–Trinajstić information content (AvgIpc) is 2.54. The Bertz CT molecular complexity index is 583. The fraction of sp³-hybridized carbons (Fsp3) is 0.353. The molecule has 112 valence electrons. The summed E-state index contributed by atoms with van der Waals surface area (Å²) in [4.78, 5) is 3.96. The molecule has 0 bridgehead atoms. The highest BCUT2D eigenvalue weighted by molar-refractivity contribution is 5.63. The van der Waals surface area contributed by atoms with Crippen LogP contribution in [-0.2, 0) is 6.54 Å². The van der Waals surface area contributed by atoms with Crippen molar-refractivity contribution in [1.82, 2.24) is 10.3 Å². The smallest absolute Gasteiger partial charge is 0.128 e. The number of halogens is 1. The van der Waals surface area contributed by atoms with E-state index in [0.717, 1.165) is 17.5 Å². The van der Waals surface area contributed by atoms with Crippen LogP contribution in [-0.4, -0.2) is 22.2 Å². The summed E-state index contributed by atoms with van der Waals surface area (Å²) in [6.45, 7) is 4.34. The van der Waals surface area contributed by atoms with Crippen LogP contribution in [0.5, 0.6) is 0 Å². The summed E-state index contributed by atoms with van der Waals surface area (Å²) < 4.78 is 14.2. The molecule has 0 spiro atoms. The third-order valence-electron chi connectivity index (χ3n) is 3.90. The highest BCUT2D eigenvalue weighted by Crippen LogP contribution is 2.21. The van der Waals surface area contributed by atoms with Crippen molar-refractivity contribution in [3.05, 3.63) is 54.1 Å². The third-order valence-corrected chi connectivity index (χ3v) is 3.90. The van der Waals surface area contributed by atoms with Crippen LogP contribution in [0.15, 0.2) is 42.7 Å². The molecule has 1 aromatic heterocycles. The maximum absolute atomic E-state index is 14.2. The number of hydrogen-bond donors (Lipinski definition) is 2. The van der Waals surface area contributed by atoms with Crippen LogP contribution < -0.4 is 5.32 Å². The number of nitrogens with one attached hydrogen (secondary N) is 1. The molecular weight excluding hydrogens is 267 g/mol. The van der Waals surface area contributed by atoms with E-state index >= 15 is 0 Å². The second kappa shape index (κ2) is 6.78. The van der Waals surface area contributed by atoms with Crippen molar-refractivity contribution in [2.24, 2.45) is 0 Å². The normalized spacial score (nSPS) is 13.9. The molecule has 0 aliphatic heterocycles. The zero-order chi connectivity index (χ0) is 15.3. The van der Waals surface area contributed by atoms with Crippen molar-refractivity contribution in [2.75, 3.05) is 6.61 Å². The zero-order valence-electron chi connectivity index (χ0n) is 12.4. The minimum Gasteiger partial charge on any atom is -0.394 e. The Morgan fingerprint density at radius 2 is 1.90 bits per heavy atom. The molecule has 0 aliphatic carbocycles. The highest BCUT2D eigenvalue weighted by Gasteiger charge is 2.20. The van der Waals surface area contributed by atoms with E-state index in [9.17, 15) is 9.50 Å². The number of aliphatic hydroxyl groups is 1. The Balaban J connectivity index is 2.13. The van der Waals surface area contributed by atoms with Gasteiger partial charge < -0.3 is 10.4 Å². The zero-order valence-corrected chi connectivity index (χ0v) is 12.4. The Kier molecular flexibility index (Phi) is 5.04. The van der Waals surface area contributed by atoms with Gasteiger partial charge in [-0.1, -0.05) is 19.1 Å². The van der Waals surface area contributed by atoms with Crippen LogP contribution in [0.4, 0.5) is 4.39 Å². The van der Waals surface area contributed by atoms with Gasteiger partial charge in [0.15, 0.2) is 0 Å². The Hall–Kier alpha value is -1.78. The monoisotopic (exact) mass is 288 g/mol. The van der Waals surface area contributed by atoms with Gasteiger partial charge in [0.05, 0.1) is 6.61 Å². The number of pyridine rings is 1. The van der Waals surface area contributed by atoms with Crippen molar-refractivity contribution >= 4 is 0 Å². The quantitative estimate of drug-likeness (QED) is 0.858. The maximum atomic E-state index is 14.2. The molecule has 0 aliphatic rings. The van der Waals surface area contributed by atoms with E-state index < -0.39 is 0 Å². The molecule has 2 N–H and O–H groups in total. The predicted octanol–water partition coefficient (Wildman–Crippen LogP) is 3.14. The summed E-state index contributed by atoms with van der Waals surface area (Å²) in [6.07, 6.45) is 4.16. The summed E-state index contributed by atoms with van der Waals surface area (Å²) in [5, 5.41) is 12.6. The fourth-order valence-electron chi connectivity index (χ4n) is 2.02. The van der Waals surface area contributed by atoms with E-state index in [2.05, 4.69) is 10.3 Å². The molecule has 2 aromatic rings. The molecule has 1 heterocycles. The molecule has 21 heavy (non-hydrogen) atoms. The number of rotatable bonds is 6. The van der Waals surface area contributed by atoms with Crippen LogP contribution in [0.1, 0.15) is 25.8 Å². The molecule has 3 nitrogen and oxygen atoms in total. The largest absolute Gasteiger partial charge is 0.394 e. The van der Waals surface area contributed by atoms with Crippen LogP contribution >= 0.6 is 0 Å². The standard InChI is InChI=1S/C17H21FN2O/c1-3-17(2,12-21)20-11-15-5-4-14(10-16(15)18)13-6-8-19-9-7-13/h4-10,20-21H,3,11-12H2,1-2H3. The van der Waals surface area contributed by atoms with Crippen molar-refractivity contribution in [2.45, 2.75) is 32.4 Å². The van der Waals surface area contributed by atoms with E-state index in [0.29, 0.717) is 12.1 Å². The summed E-state index contributed by atoms with van der Waals surface area (Å²) in [6, 6.07) is 8.93. The highest BCUT2D eigenvalue weighted by atomic mass is 19.1. The molecule has 4 heteroatoms. The number of hydrogen-bond acceptors (Lipinski definition) is 3. The Labute approximate surface area is 124 Å². The van der Waals surface area contributed by atoms with E-state index in [-0.39, 0.29) is 18.0 Å².